The summed E-state index contributed by atoms with van der Waals surface area (Å²) in [6, 6.07) is 0.817. The van der Waals surface area contributed by atoms with Crippen LogP contribution in [0.1, 0.15) is 26.2 Å². The van der Waals surface area contributed by atoms with E-state index < -0.39 is 10.0 Å². The molecule has 2 aliphatic rings. The van der Waals surface area contributed by atoms with Gasteiger partial charge < -0.3 is 4.90 Å². The molecule has 5 heteroatoms. The second-order valence-corrected chi connectivity index (χ2v) is 6.73. The fourth-order valence-electron chi connectivity index (χ4n) is 2.15. The summed E-state index contributed by atoms with van der Waals surface area (Å²) in [5.74, 6) is 0.707. The Morgan fingerprint density at radius 3 is 2.67 bits per heavy atom. The van der Waals surface area contributed by atoms with Gasteiger partial charge in [-0.25, -0.2) is 13.1 Å². The molecule has 1 saturated carbocycles. The molecule has 1 unspecified atom stereocenters. The molecule has 15 heavy (non-hydrogen) atoms. The van der Waals surface area contributed by atoms with E-state index in [2.05, 4.69) is 9.62 Å². The average molecular weight is 232 g/mol. The topological polar surface area (TPSA) is 49.4 Å². The summed E-state index contributed by atoms with van der Waals surface area (Å²) in [6.45, 7) is 4.53. The zero-order valence-electron chi connectivity index (χ0n) is 9.28. The van der Waals surface area contributed by atoms with E-state index >= 15 is 0 Å². The second-order valence-electron chi connectivity index (χ2n) is 4.63. The van der Waals surface area contributed by atoms with Crippen molar-refractivity contribution < 1.29 is 8.42 Å². The molecular weight excluding hydrogens is 212 g/mol. The second kappa shape index (κ2) is 4.39. The maximum atomic E-state index is 11.3. The van der Waals surface area contributed by atoms with Gasteiger partial charge in [0, 0.05) is 19.1 Å². The van der Waals surface area contributed by atoms with Gasteiger partial charge in [-0.1, -0.05) is 0 Å². The van der Waals surface area contributed by atoms with Crippen LogP contribution in [0.4, 0.5) is 0 Å². The van der Waals surface area contributed by atoms with Crippen LogP contribution in [0.15, 0.2) is 0 Å². The van der Waals surface area contributed by atoms with E-state index in [9.17, 15) is 8.42 Å². The van der Waals surface area contributed by atoms with E-state index in [1.54, 1.807) is 6.92 Å². The van der Waals surface area contributed by atoms with Crippen molar-refractivity contribution in [1.82, 2.24) is 9.62 Å². The summed E-state index contributed by atoms with van der Waals surface area (Å²) >= 11 is 0. The van der Waals surface area contributed by atoms with Crippen LogP contribution in [0.5, 0.6) is 0 Å². The Morgan fingerprint density at radius 1 is 1.33 bits per heavy atom. The number of nitrogens with one attached hydrogen (secondary N) is 1. The number of sulfonamides is 1. The summed E-state index contributed by atoms with van der Waals surface area (Å²) in [5, 5.41) is 0. The van der Waals surface area contributed by atoms with Gasteiger partial charge >= 0.3 is 0 Å². The van der Waals surface area contributed by atoms with Crippen molar-refractivity contribution >= 4 is 10.0 Å². The molecule has 2 rings (SSSR count). The molecule has 88 valence electrons. The Labute approximate surface area is 92.1 Å². The lowest BCUT2D eigenvalue weighted by atomic mass is 10.1. The van der Waals surface area contributed by atoms with Gasteiger partial charge in [-0.2, -0.15) is 0 Å². The van der Waals surface area contributed by atoms with Gasteiger partial charge in [0.2, 0.25) is 10.0 Å². The molecule has 0 amide bonds. The number of rotatable bonds is 5. The van der Waals surface area contributed by atoms with Crippen LogP contribution in [-0.4, -0.2) is 44.7 Å². The summed E-state index contributed by atoms with van der Waals surface area (Å²) in [5.41, 5.74) is 0. The largest absolute Gasteiger partial charge is 0.300 e. The van der Waals surface area contributed by atoms with Crippen molar-refractivity contribution in [2.45, 2.75) is 32.2 Å². The quantitative estimate of drug-likeness (QED) is 0.747. The third kappa shape index (κ3) is 3.16. The molecular formula is C10H20N2O2S. The number of hydrogen-bond acceptors (Lipinski definition) is 3. The maximum Gasteiger partial charge on any atom is 0.211 e. The standard InChI is InChI=1S/C10H20N2O2S/c1-2-15(13,14)11-7-9-5-6-12(8-9)10-3-4-10/h9-11H,2-8H2,1H3. The Bertz CT molecular complexity index is 311. The van der Waals surface area contributed by atoms with Crippen LogP contribution in [0, 0.1) is 5.92 Å². The first-order valence-electron chi connectivity index (χ1n) is 5.82. The zero-order chi connectivity index (χ0) is 10.9. The molecule has 0 aromatic carbocycles. The molecule has 1 aliphatic heterocycles. The highest BCUT2D eigenvalue weighted by Crippen LogP contribution is 2.31. The van der Waals surface area contributed by atoms with E-state index in [1.165, 1.54) is 12.8 Å². The summed E-state index contributed by atoms with van der Waals surface area (Å²) < 4.78 is 25.2. The van der Waals surface area contributed by atoms with Gasteiger partial charge in [0.25, 0.3) is 0 Å². The summed E-state index contributed by atoms with van der Waals surface area (Å²) in [7, 11) is -3.00. The molecule has 1 aliphatic carbocycles. The van der Waals surface area contributed by atoms with E-state index in [1.807, 2.05) is 0 Å². The van der Waals surface area contributed by atoms with Crippen molar-refractivity contribution in [3.8, 4) is 0 Å². The van der Waals surface area contributed by atoms with Gasteiger partial charge in [0.15, 0.2) is 0 Å². The SMILES string of the molecule is CCS(=O)(=O)NCC1CCN(C2CC2)C1. The lowest BCUT2D eigenvalue weighted by Crippen LogP contribution is -2.32. The van der Waals surface area contributed by atoms with Gasteiger partial charge in [-0.15, -0.1) is 0 Å². The Balaban J connectivity index is 1.72. The summed E-state index contributed by atoms with van der Waals surface area (Å²) in [6.07, 6.45) is 3.82. The lowest BCUT2D eigenvalue weighted by molar-refractivity contribution is 0.314. The van der Waals surface area contributed by atoms with Crippen molar-refractivity contribution in [2.75, 3.05) is 25.4 Å². The fourth-order valence-corrected chi connectivity index (χ4v) is 2.84. The monoisotopic (exact) mass is 232 g/mol. The average Bonchev–Trinajstić information content (AvgIpc) is 2.96. The molecule has 4 nitrogen and oxygen atoms in total. The minimum atomic E-state index is -3.00. The van der Waals surface area contributed by atoms with Crippen LogP contribution in [0.3, 0.4) is 0 Å². The van der Waals surface area contributed by atoms with E-state index in [-0.39, 0.29) is 5.75 Å². The molecule has 2 fully saturated rings. The molecule has 1 N–H and O–H groups in total. The van der Waals surface area contributed by atoms with Crippen LogP contribution >= 0.6 is 0 Å². The molecule has 0 spiro atoms. The van der Waals surface area contributed by atoms with Crippen molar-refractivity contribution in [2.24, 2.45) is 5.92 Å². The van der Waals surface area contributed by atoms with Gasteiger partial charge in [0.05, 0.1) is 5.75 Å². The predicted molar refractivity (Wildman–Crippen MR) is 60.2 cm³/mol. The number of nitrogens with zero attached hydrogens (tertiary/aromatic N) is 1. The minimum Gasteiger partial charge on any atom is -0.300 e. The van der Waals surface area contributed by atoms with Crippen molar-refractivity contribution in [3.05, 3.63) is 0 Å². The first-order chi connectivity index (χ1) is 7.11. The van der Waals surface area contributed by atoms with Crippen molar-refractivity contribution in [1.29, 1.82) is 0 Å². The smallest absolute Gasteiger partial charge is 0.211 e. The van der Waals surface area contributed by atoms with Gasteiger partial charge in [0.1, 0.15) is 0 Å². The van der Waals surface area contributed by atoms with Crippen LogP contribution in [-0.2, 0) is 10.0 Å². The first kappa shape index (κ1) is 11.4. The number of likely N-dealkylation sites (tertiary alicyclic amines) is 1. The van der Waals surface area contributed by atoms with E-state index in [0.29, 0.717) is 12.5 Å². The number of hydrogen-bond donors (Lipinski definition) is 1. The first-order valence-corrected chi connectivity index (χ1v) is 7.47. The highest BCUT2D eigenvalue weighted by Gasteiger charge is 2.34. The highest BCUT2D eigenvalue weighted by atomic mass is 32.2. The molecule has 0 aromatic heterocycles. The molecule has 0 aromatic rings. The normalized spacial score (nSPS) is 28.5. The minimum absolute atomic E-state index is 0.187. The highest BCUT2D eigenvalue weighted by molar-refractivity contribution is 7.89. The molecule has 0 radical (unpaired) electrons. The van der Waals surface area contributed by atoms with Crippen molar-refractivity contribution in [3.63, 3.8) is 0 Å². The van der Waals surface area contributed by atoms with Gasteiger partial charge in [-0.3, -0.25) is 0 Å². The van der Waals surface area contributed by atoms with Crippen LogP contribution in [0.25, 0.3) is 0 Å². The Hall–Kier alpha value is -0.130. The Kier molecular flexibility index (Phi) is 3.33. The molecule has 0 bridgehead atoms. The van der Waals surface area contributed by atoms with E-state index in [4.69, 9.17) is 0 Å². The maximum absolute atomic E-state index is 11.3. The summed E-state index contributed by atoms with van der Waals surface area (Å²) in [4.78, 5) is 2.50. The van der Waals surface area contributed by atoms with Crippen LogP contribution < -0.4 is 4.72 Å². The zero-order valence-corrected chi connectivity index (χ0v) is 10.1. The third-order valence-corrected chi connectivity index (χ3v) is 4.72. The predicted octanol–water partition coefficient (Wildman–Crippen LogP) is 0.410. The molecule has 1 heterocycles. The molecule has 1 atom stereocenters. The van der Waals surface area contributed by atoms with E-state index in [0.717, 1.165) is 25.6 Å². The molecule has 1 saturated heterocycles. The Morgan fingerprint density at radius 2 is 2.07 bits per heavy atom. The van der Waals surface area contributed by atoms with Gasteiger partial charge in [-0.05, 0) is 38.6 Å². The fraction of sp³-hybridized carbons (Fsp3) is 1.00. The third-order valence-electron chi connectivity index (χ3n) is 3.35. The lowest BCUT2D eigenvalue weighted by Gasteiger charge is -2.14. The van der Waals surface area contributed by atoms with Crippen LogP contribution in [0.2, 0.25) is 0 Å².